The molecule has 1 aromatic carbocycles. The lowest BCUT2D eigenvalue weighted by Crippen LogP contribution is -2.41. The number of hydrogen-bond acceptors (Lipinski definition) is 3. The van der Waals surface area contributed by atoms with Gasteiger partial charge in [0.25, 0.3) is 0 Å². The van der Waals surface area contributed by atoms with E-state index >= 15 is 0 Å². The van der Waals surface area contributed by atoms with Gasteiger partial charge in [-0.1, -0.05) is 30.5 Å². The van der Waals surface area contributed by atoms with E-state index in [1.54, 1.807) is 12.1 Å². The van der Waals surface area contributed by atoms with Gasteiger partial charge in [0.15, 0.2) is 0 Å². The largest absolute Gasteiger partial charge is 0.389 e. The van der Waals surface area contributed by atoms with Gasteiger partial charge in [0.1, 0.15) is 0 Å². The Morgan fingerprint density at radius 1 is 1.37 bits per heavy atom. The first-order valence-corrected chi connectivity index (χ1v) is 8.10. The van der Waals surface area contributed by atoms with Gasteiger partial charge in [-0.15, -0.1) is 0 Å². The predicted molar refractivity (Wildman–Crippen MR) is 74.7 cm³/mol. The quantitative estimate of drug-likeness (QED) is 0.928. The Balaban J connectivity index is 2.19. The van der Waals surface area contributed by atoms with Crippen LogP contribution in [-0.4, -0.2) is 37.0 Å². The van der Waals surface area contributed by atoms with Gasteiger partial charge in [-0.25, -0.2) is 8.42 Å². The fraction of sp³-hybridized carbons (Fsp3) is 0.538. The van der Waals surface area contributed by atoms with Crippen molar-refractivity contribution < 1.29 is 13.5 Å². The molecule has 1 fully saturated rings. The van der Waals surface area contributed by atoms with Gasteiger partial charge in [-0.2, -0.15) is 4.31 Å². The van der Waals surface area contributed by atoms with Crippen molar-refractivity contribution in [2.75, 3.05) is 13.6 Å². The van der Waals surface area contributed by atoms with Crippen molar-refractivity contribution in [1.82, 2.24) is 4.31 Å². The summed E-state index contributed by atoms with van der Waals surface area (Å²) in [5.41, 5.74) is -0.888. The molecule has 0 radical (unpaired) electrons. The zero-order chi connectivity index (χ0) is 14.1. The fourth-order valence-corrected chi connectivity index (χ4v) is 4.05. The lowest BCUT2D eigenvalue weighted by atomic mass is 10.0. The van der Waals surface area contributed by atoms with Gasteiger partial charge >= 0.3 is 0 Å². The monoisotopic (exact) mass is 303 g/mol. The van der Waals surface area contributed by atoms with Crippen LogP contribution in [0, 0.1) is 0 Å². The summed E-state index contributed by atoms with van der Waals surface area (Å²) in [7, 11) is -2.11. The maximum absolute atomic E-state index is 12.4. The first-order valence-electron chi connectivity index (χ1n) is 6.28. The molecule has 2 rings (SSSR count). The van der Waals surface area contributed by atoms with E-state index in [4.69, 9.17) is 11.6 Å². The standard InChI is InChI=1S/C13H18ClNO3S/c1-15(10-13(16)7-2-3-8-13)19(17,18)12-6-4-5-11(14)9-12/h4-6,9,16H,2-3,7-8,10H2,1H3. The van der Waals surface area contributed by atoms with E-state index in [0.717, 1.165) is 12.8 Å². The van der Waals surface area contributed by atoms with Crippen LogP contribution in [0.1, 0.15) is 25.7 Å². The second-order valence-corrected chi connectivity index (χ2v) is 7.63. The van der Waals surface area contributed by atoms with Crippen molar-refractivity contribution in [2.24, 2.45) is 0 Å². The molecule has 1 N–H and O–H groups in total. The van der Waals surface area contributed by atoms with E-state index in [9.17, 15) is 13.5 Å². The van der Waals surface area contributed by atoms with Gasteiger partial charge in [0.05, 0.1) is 10.5 Å². The van der Waals surface area contributed by atoms with Crippen molar-refractivity contribution in [3.63, 3.8) is 0 Å². The van der Waals surface area contributed by atoms with Crippen LogP contribution in [0.15, 0.2) is 29.2 Å². The lowest BCUT2D eigenvalue weighted by Gasteiger charge is -2.28. The Labute approximate surface area is 119 Å². The number of hydrogen-bond donors (Lipinski definition) is 1. The molecular formula is C13H18ClNO3S. The minimum Gasteiger partial charge on any atom is -0.389 e. The topological polar surface area (TPSA) is 57.6 Å². The lowest BCUT2D eigenvalue weighted by molar-refractivity contribution is 0.0333. The van der Waals surface area contributed by atoms with E-state index in [1.807, 2.05) is 0 Å². The Kier molecular flexibility index (Phi) is 4.20. The summed E-state index contributed by atoms with van der Waals surface area (Å²) >= 11 is 5.82. The Bertz CT molecular complexity index is 553. The highest BCUT2D eigenvalue weighted by Crippen LogP contribution is 2.31. The summed E-state index contributed by atoms with van der Waals surface area (Å²) in [6, 6.07) is 6.17. The zero-order valence-corrected chi connectivity index (χ0v) is 12.4. The molecule has 0 unspecified atom stereocenters. The fourth-order valence-electron chi connectivity index (χ4n) is 2.50. The minimum atomic E-state index is -3.60. The summed E-state index contributed by atoms with van der Waals surface area (Å²) in [4.78, 5) is 0.157. The van der Waals surface area contributed by atoms with Crippen molar-refractivity contribution in [2.45, 2.75) is 36.2 Å². The van der Waals surface area contributed by atoms with Gasteiger partial charge < -0.3 is 5.11 Å². The van der Waals surface area contributed by atoms with E-state index in [0.29, 0.717) is 17.9 Å². The summed E-state index contributed by atoms with van der Waals surface area (Å²) in [6.07, 6.45) is 3.20. The predicted octanol–water partition coefficient (Wildman–Crippen LogP) is 2.27. The number of rotatable bonds is 4. The van der Waals surface area contributed by atoms with Crippen molar-refractivity contribution >= 4 is 21.6 Å². The molecule has 0 aliphatic heterocycles. The number of halogens is 1. The molecule has 1 aromatic rings. The third kappa shape index (κ3) is 3.28. The smallest absolute Gasteiger partial charge is 0.242 e. The number of likely N-dealkylation sites (N-methyl/N-ethyl adjacent to an activating group) is 1. The number of aliphatic hydroxyl groups is 1. The third-order valence-corrected chi connectivity index (χ3v) is 5.59. The molecule has 0 atom stereocenters. The maximum atomic E-state index is 12.4. The molecule has 1 saturated carbocycles. The second-order valence-electron chi connectivity index (χ2n) is 5.15. The van der Waals surface area contributed by atoms with Gasteiger partial charge in [0, 0.05) is 18.6 Å². The van der Waals surface area contributed by atoms with E-state index in [1.165, 1.54) is 23.5 Å². The highest BCUT2D eigenvalue weighted by Gasteiger charge is 2.35. The van der Waals surface area contributed by atoms with Crippen LogP contribution in [0.25, 0.3) is 0 Å². The average molecular weight is 304 g/mol. The molecule has 6 heteroatoms. The van der Waals surface area contributed by atoms with Crippen LogP contribution in [0.3, 0.4) is 0 Å². The third-order valence-electron chi connectivity index (χ3n) is 3.56. The van der Waals surface area contributed by atoms with Gasteiger partial charge in [0.2, 0.25) is 10.0 Å². The molecule has 0 spiro atoms. The summed E-state index contributed by atoms with van der Waals surface area (Å²) in [5, 5.41) is 10.7. The Hall–Kier alpha value is -0.620. The van der Waals surface area contributed by atoms with Crippen LogP contribution in [0.5, 0.6) is 0 Å². The molecular weight excluding hydrogens is 286 g/mol. The molecule has 1 aliphatic carbocycles. The summed E-state index contributed by atoms with van der Waals surface area (Å²) in [5.74, 6) is 0. The van der Waals surface area contributed by atoms with Crippen LogP contribution in [0.2, 0.25) is 5.02 Å². The number of nitrogens with zero attached hydrogens (tertiary/aromatic N) is 1. The van der Waals surface area contributed by atoms with Crippen LogP contribution in [-0.2, 0) is 10.0 Å². The molecule has 0 amide bonds. The van der Waals surface area contributed by atoms with Crippen LogP contribution < -0.4 is 0 Å². The Morgan fingerprint density at radius 3 is 2.58 bits per heavy atom. The maximum Gasteiger partial charge on any atom is 0.242 e. The number of sulfonamides is 1. The second kappa shape index (κ2) is 5.40. The average Bonchev–Trinajstić information content (AvgIpc) is 2.75. The molecule has 19 heavy (non-hydrogen) atoms. The highest BCUT2D eigenvalue weighted by molar-refractivity contribution is 7.89. The van der Waals surface area contributed by atoms with E-state index in [-0.39, 0.29) is 11.4 Å². The first-order chi connectivity index (χ1) is 8.83. The minimum absolute atomic E-state index is 0.127. The van der Waals surface area contributed by atoms with Gasteiger partial charge in [-0.05, 0) is 31.0 Å². The molecule has 4 nitrogen and oxygen atoms in total. The van der Waals surface area contributed by atoms with Gasteiger partial charge in [-0.3, -0.25) is 0 Å². The summed E-state index contributed by atoms with van der Waals surface area (Å²) < 4.78 is 26.0. The molecule has 106 valence electrons. The Morgan fingerprint density at radius 2 is 2.00 bits per heavy atom. The molecule has 0 bridgehead atoms. The SMILES string of the molecule is CN(CC1(O)CCCC1)S(=O)(=O)c1cccc(Cl)c1. The molecule has 0 heterocycles. The normalized spacial score (nSPS) is 18.9. The first kappa shape index (κ1) is 14.8. The van der Waals surface area contributed by atoms with Crippen molar-refractivity contribution in [3.05, 3.63) is 29.3 Å². The van der Waals surface area contributed by atoms with Crippen molar-refractivity contribution in [1.29, 1.82) is 0 Å². The van der Waals surface area contributed by atoms with Crippen LogP contribution in [0.4, 0.5) is 0 Å². The van der Waals surface area contributed by atoms with Crippen molar-refractivity contribution in [3.8, 4) is 0 Å². The zero-order valence-electron chi connectivity index (χ0n) is 10.8. The van der Waals surface area contributed by atoms with E-state index < -0.39 is 15.6 Å². The highest BCUT2D eigenvalue weighted by atomic mass is 35.5. The number of benzene rings is 1. The summed E-state index contributed by atoms with van der Waals surface area (Å²) in [6.45, 7) is 0.127. The molecule has 1 aliphatic rings. The molecule has 0 saturated heterocycles. The van der Waals surface area contributed by atoms with E-state index in [2.05, 4.69) is 0 Å². The van der Waals surface area contributed by atoms with Crippen LogP contribution >= 0.6 is 11.6 Å². The molecule has 0 aromatic heterocycles.